The normalized spacial score (nSPS) is 9.75. The topological polar surface area (TPSA) is 64.1 Å². The summed E-state index contributed by atoms with van der Waals surface area (Å²) in [6.07, 6.45) is 1.86. The van der Waals surface area contributed by atoms with Crippen LogP contribution < -0.4 is 10.1 Å². The maximum Gasteiger partial charge on any atom is 0.224 e. The maximum atomic E-state index is 11.6. The second-order valence-corrected chi connectivity index (χ2v) is 4.07. The molecule has 0 radical (unpaired) electrons. The number of nitrogens with one attached hydrogen (secondary N) is 1. The van der Waals surface area contributed by atoms with E-state index in [1.807, 2.05) is 0 Å². The fourth-order valence-corrected chi connectivity index (χ4v) is 1.81. The van der Waals surface area contributed by atoms with Crippen molar-refractivity contribution in [2.45, 2.75) is 20.3 Å². The molecule has 0 unspecified atom stereocenters. The number of rotatable bonds is 3. The van der Waals surface area contributed by atoms with Gasteiger partial charge >= 0.3 is 0 Å². The van der Waals surface area contributed by atoms with E-state index in [-0.39, 0.29) is 5.91 Å². The number of anilines is 1. The second kappa shape index (κ2) is 6.02. The zero-order chi connectivity index (χ0) is 14.5. The van der Waals surface area contributed by atoms with Gasteiger partial charge in [-0.05, 0) is 18.9 Å². The van der Waals surface area contributed by atoms with Crippen LogP contribution in [0.25, 0.3) is 10.9 Å². The number of ether oxygens (including phenoxy) is 1. The van der Waals surface area contributed by atoms with Crippen molar-refractivity contribution in [3.8, 4) is 17.6 Å². The monoisotopic (exact) mass is 269 g/mol. The molecule has 1 N–H and O–H groups in total. The first-order valence-electron chi connectivity index (χ1n) is 6.25. The zero-order valence-electron chi connectivity index (χ0n) is 11.7. The van der Waals surface area contributed by atoms with E-state index in [0.29, 0.717) is 23.6 Å². The smallest absolute Gasteiger partial charge is 0.224 e. The average Bonchev–Trinajstić information content (AvgIpc) is 2.47. The third kappa shape index (κ3) is 2.69. The van der Waals surface area contributed by atoms with Crippen molar-refractivity contribution in [3.05, 3.63) is 24.2 Å². The van der Waals surface area contributed by atoms with Crippen molar-refractivity contribution in [3.63, 3.8) is 0 Å². The van der Waals surface area contributed by atoms with Crippen LogP contribution in [0.1, 0.15) is 26.0 Å². The Morgan fingerprint density at radius 1 is 1.40 bits per heavy atom. The number of hydrogen-bond donors (Lipinski definition) is 1. The Labute approximate surface area is 117 Å². The summed E-state index contributed by atoms with van der Waals surface area (Å²) in [5.74, 6) is 6.23. The van der Waals surface area contributed by atoms with Crippen molar-refractivity contribution in [2.75, 3.05) is 12.4 Å². The van der Waals surface area contributed by atoms with Gasteiger partial charge in [0.15, 0.2) is 0 Å². The highest BCUT2D eigenvalue weighted by atomic mass is 16.5. The summed E-state index contributed by atoms with van der Waals surface area (Å²) >= 11 is 0. The van der Waals surface area contributed by atoms with Crippen molar-refractivity contribution in [2.24, 2.45) is 0 Å². The number of amides is 1. The van der Waals surface area contributed by atoms with Gasteiger partial charge in [-0.3, -0.25) is 4.79 Å². The predicted molar refractivity (Wildman–Crippen MR) is 77.6 cm³/mol. The summed E-state index contributed by atoms with van der Waals surface area (Å²) in [4.78, 5) is 19.9. The Kier molecular flexibility index (Phi) is 4.16. The van der Waals surface area contributed by atoms with Gasteiger partial charge in [-0.2, -0.15) is 0 Å². The van der Waals surface area contributed by atoms with Crippen LogP contribution in [0.5, 0.6) is 5.75 Å². The first-order valence-corrected chi connectivity index (χ1v) is 6.25. The van der Waals surface area contributed by atoms with Gasteiger partial charge in [-0.25, -0.2) is 9.97 Å². The number of methoxy groups -OCH3 is 1. The van der Waals surface area contributed by atoms with E-state index in [4.69, 9.17) is 4.74 Å². The molecule has 0 saturated carbocycles. The number of fused-ring (bicyclic) bond motifs is 1. The molecule has 2 rings (SSSR count). The summed E-state index contributed by atoms with van der Waals surface area (Å²) in [6, 6.07) is 3.56. The van der Waals surface area contributed by atoms with E-state index < -0.39 is 0 Å². The van der Waals surface area contributed by atoms with Crippen molar-refractivity contribution < 1.29 is 9.53 Å². The van der Waals surface area contributed by atoms with Gasteiger partial charge in [-0.15, -0.1) is 0 Å². The number of hydrogen-bond acceptors (Lipinski definition) is 4. The molecule has 0 fully saturated rings. The summed E-state index contributed by atoms with van der Waals surface area (Å²) < 4.78 is 5.29. The third-order valence-corrected chi connectivity index (χ3v) is 2.80. The largest absolute Gasteiger partial charge is 0.494 e. The lowest BCUT2D eigenvalue weighted by Crippen LogP contribution is -2.10. The SMILES string of the molecule is CC#Cc1ncnc2cc(OC)c(NC(=O)CC)cc12. The van der Waals surface area contributed by atoms with Crippen LogP contribution >= 0.6 is 0 Å². The molecule has 102 valence electrons. The van der Waals surface area contributed by atoms with Gasteiger partial charge in [0, 0.05) is 17.9 Å². The molecule has 0 aliphatic carbocycles. The highest BCUT2D eigenvalue weighted by Crippen LogP contribution is 2.30. The number of aromatic nitrogens is 2. The van der Waals surface area contributed by atoms with Crippen LogP contribution in [0.4, 0.5) is 5.69 Å². The van der Waals surface area contributed by atoms with E-state index >= 15 is 0 Å². The molecule has 1 heterocycles. The van der Waals surface area contributed by atoms with Gasteiger partial charge < -0.3 is 10.1 Å². The van der Waals surface area contributed by atoms with Crippen LogP contribution in [-0.4, -0.2) is 23.0 Å². The highest BCUT2D eigenvalue weighted by Gasteiger charge is 2.11. The Morgan fingerprint density at radius 3 is 2.85 bits per heavy atom. The summed E-state index contributed by atoms with van der Waals surface area (Å²) in [5, 5.41) is 3.59. The molecule has 1 aromatic heterocycles. The molecule has 5 nitrogen and oxygen atoms in total. The summed E-state index contributed by atoms with van der Waals surface area (Å²) in [7, 11) is 1.55. The molecule has 1 amide bonds. The van der Waals surface area contributed by atoms with Gasteiger partial charge in [0.2, 0.25) is 5.91 Å². The van der Waals surface area contributed by atoms with Crippen LogP contribution in [0.3, 0.4) is 0 Å². The lowest BCUT2D eigenvalue weighted by atomic mass is 10.1. The molecular weight excluding hydrogens is 254 g/mol. The van der Waals surface area contributed by atoms with Crippen LogP contribution in [0.2, 0.25) is 0 Å². The third-order valence-electron chi connectivity index (χ3n) is 2.80. The molecule has 0 aliphatic heterocycles. The van der Waals surface area contributed by atoms with E-state index in [9.17, 15) is 4.79 Å². The number of benzene rings is 1. The minimum atomic E-state index is -0.0809. The molecule has 0 spiro atoms. The van der Waals surface area contributed by atoms with Crippen LogP contribution in [-0.2, 0) is 4.79 Å². The Hall–Kier alpha value is -2.61. The summed E-state index contributed by atoms with van der Waals surface area (Å²) in [5.41, 5.74) is 1.96. The summed E-state index contributed by atoms with van der Waals surface area (Å²) in [6.45, 7) is 3.54. The van der Waals surface area contributed by atoms with E-state index in [2.05, 4.69) is 27.1 Å². The van der Waals surface area contributed by atoms with Crippen LogP contribution in [0.15, 0.2) is 18.5 Å². The molecular formula is C15H15N3O2. The van der Waals surface area contributed by atoms with Gasteiger partial charge in [0.05, 0.1) is 18.3 Å². The molecule has 20 heavy (non-hydrogen) atoms. The Morgan fingerprint density at radius 2 is 2.20 bits per heavy atom. The van der Waals surface area contributed by atoms with E-state index in [0.717, 1.165) is 10.9 Å². The Bertz CT molecular complexity index is 714. The first-order chi connectivity index (χ1) is 9.69. The van der Waals surface area contributed by atoms with Gasteiger partial charge in [-0.1, -0.05) is 12.8 Å². The van der Waals surface area contributed by atoms with Crippen molar-refractivity contribution in [1.29, 1.82) is 0 Å². The Balaban J connectivity index is 2.63. The van der Waals surface area contributed by atoms with Crippen molar-refractivity contribution >= 4 is 22.5 Å². The van der Waals surface area contributed by atoms with Gasteiger partial charge in [0.25, 0.3) is 0 Å². The number of nitrogens with zero attached hydrogens (tertiary/aromatic N) is 2. The lowest BCUT2D eigenvalue weighted by molar-refractivity contribution is -0.115. The van der Waals surface area contributed by atoms with E-state index in [1.54, 1.807) is 33.1 Å². The fraction of sp³-hybridized carbons (Fsp3) is 0.267. The first kappa shape index (κ1) is 13.8. The molecule has 0 aliphatic rings. The zero-order valence-corrected chi connectivity index (χ0v) is 11.7. The molecule has 2 aromatic rings. The highest BCUT2D eigenvalue weighted by molar-refractivity contribution is 5.97. The second-order valence-electron chi connectivity index (χ2n) is 4.07. The van der Waals surface area contributed by atoms with E-state index in [1.165, 1.54) is 6.33 Å². The fourth-order valence-electron chi connectivity index (χ4n) is 1.81. The minimum Gasteiger partial charge on any atom is -0.494 e. The molecule has 0 saturated heterocycles. The maximum absolute atomic E-state index is 11.6. The predicted octanol–water partition coefficient (Wildman–Crippen LogP) is 2.36. The van der Waals surface area contributed by atoms with Crippen molar-refractivity contribution in [1.82, 2.24) is 9.97 Å². The molecule has 0 bridgehead atoms. The lowest BCUT2D eigenvalue weighted by Gasteiger charge is -2.11. The molecule has 0 atom stereocenters. The molecule has 5 heteroatoms. The minimum absolute atomic E-state index is 0.0809. The number of carbonyl (C=O) groups is 1. The average molecular weight is 269 g/mol. The quantitative estimate of drug-likeness (QED) is 0.869. The standard InChI is InChI=1S/C15H15N3O2/c1-4-6-11-10-7-13(18-15(19)5-2)14(20-3)8-12(10)17-9-16-11/h7-9H,5H2,1-3H3,(H,18,19). The molecule has 1 aromatic carbocycles. The van der Waals surface area contributed by atoms with Crippen LogP contribution in [0, 0.1) is 11.8 Å². The number of carbonyl (C=O) groups excluding carboxylic acids is 1. The van der Waals surface area contributed by atoms with Gasteiger partial charge in [0.1, 0.15) is 17.8 Å².